The van der Waals surface area contributed by atoms with Crippen LogP contribution in [0.25, 0.3) is 0 Å². The second-order valence-corrected chi connectivity index (χ2v) is 6.89. The van der Waals surface area contributed by atoms with Crippen molar-refractivity contribution in [2.45, 2.75) is 71.6 Å². The number of likely N-dealkylation sites (tertiary alicyclic amines) is 1. The van der Waals surface area contributed by atoms with Gasteiger partial charge in [0.1, 0.15) is 5.60 Å². The van der Waals surface area contributed by atoms with E-state index in [2.05, 4.69) is 6.92 Å². The van der Waals surface area contributed by atoms with E-state index >= 15 is 0 Å². The molecule has 1 fully saturated rings. The molecule has 1 saturated heterocycles. The van der Waals surface area contributed by atoms with Gasteiger partial charge in [0.15, 0.2) is 0 Å². The van der Waals surface area contributed by atoms with Crippen LogP contribution in [0.15, 0.2) is 12.2 Å². The number of carbonyl (C=O) groups excluding carboxylic acids is 2. The highest BCUT2D eigenvalue weighted by Gasteiger charge is 2.36. The fourth-order valence-corrected chi connectivity index (χ4v) is 2.43. The zero-order valence-corrected chi connectivity index (χ0v) is 15.5. The Morgan fingerprint density at radius 1 is 1.25 bits per heavy atom. The minimum atomic E-state index is -0.562. The Balaban J connectivity index is 2.73. The van der Waals surface area contributed by atoms with E-state index in [0.717, 1.165) is 12.8 Å². The highest BCUT2D eigenvalue weighted by Crippen LogP contribution is 2.24. The highest BCUT2D eigenvalue weighted by molar-refractivity contribution is 5.82. The van der Waals surface area contributed by atoms with Crippen molar-refractivity contribution < 1.29 is 23.8 Å². The van der Waals surface area contributed by atoms with E-state index in [9.17, 15) is 9.59 Å². The van der Waals surface area contributed by atoms with E-state index in [4.69, 9.17) is 14.2 Å². The predicted molar refractivity (Wildman–Crippen MR) is 91.8 cm³/mol. The van der Waals surface area contributed by atoms with E-state index in [0.29, 0.717) is 26.2 Å². The molecule has 1 rings (SSSR count). The molecule has 0 unspecified atom stereocenters. The van der Waals surface area contributed by atoms with Crippen LogP contribution in [0.2, 0.25) is 0 Å². The molecule has 138 valence electrons. The van der Waals surface area contributed by atoms with Crippen molar-refractivity contribution in [2.24, 2.45) is 0 Å². The molecule has 6 heteroatoms. The van der Waals surface area contributed by atoms with Gasteiger partial charge in [0, 0.05) is 12.7 Å². The molecule has 0 aliphatic carbocycles. The second kappa shape index (κ2) is 9.67. The Labute approximate surface area is 145 Å². The van der Waals surface area contributed by atoms with Crippen LogP contribution >= 0.6 is 0 Å². The van der Waals surface area contributed by atoms with Gasteiger partial charge in [-0.3, -0.25) is 4.90 Å². The molecular formula is C18H31NO5. The summed E-state index contributed by atoms with van der Waals surface area (Å²) in [6.45, 7) is 10.8. The first kappa shape index (κ1) is 20.5. The zero-order chi connectivity index (χ0) is 18.2. The molecule has 24 heavy (non-hydrogen) atoms. The Bertz CT molecular complexity index is 441. The van der Waals surface area contributed by atoms with Crippen LogP contribution in [0.1, 0.15) is 53.9 Å². The molecule has 0 aromatic carbocycles. The Morgan fingerprint density at radius 2 is 1.96 bits per heavy atom. The summed E-state index contributed by atoms with van der Waals surface area (Å²) in [4.78, 5) is 25.6. The number of ether oxygens (including phenoxy) is 3. The number of hydrogen-bond acceptors (Lipinski definition) is 5. The molecule has 0 saturated carbocycles. The van der Waals surface area contributed by atoms with E-state index < -0.39 is 11.6 Å². The number of unbranched alkanes of at least 4 members (excludes halogenated alkanes) is 1. The lowest BCUT2D eigenvalue weighted by Gasteiger charge is -2.27. The Morgan fingerprint density at radius 3 is 2.54 bits per heavy atom. The molecule has 1 amide bonds. The summed E-state index contributed by atoms with van der Waals surface area (Å²) in [6, 6.07) is -0.226. The Hall–Kier alpha value is -1.56. The van der Waals surface area contributed by atoms with E-state index in [1.54, 1.807) is 17.9 Å². The van der Waals surface area contributed by atoms with E-state index in [1.165, 1.54) is 6.08 Å². The fourth-order valence-electron chi connectivity index (χ4n) is 2.43. The van der Waals surface area contributed by atoms with Crippen LogP contribution in [-0.4, -0.2) is 54.5 Å². The summed E-state index contributed by atoms with van der Waals surface area (Å²) in [5.41, 5.74) is -0.562. The summed E-state index contributed by atoms with van der Waals surface area (Å²) in [5, 5.41) is 0. The maximum atomic E-state index is 12.4. The first-order valence-corrected chi connectivity index (χ1v) is 8.73. The van der Waals surface area contributed by atoms with Gasteiger partial charge in [-0.05, 0) is 40.5 Å². The highest BCUT2D eigenvalue weighted by atomic mass is 16.6. The summed E-state index contributed by atoms with van der Waals surface area (Å²) < 4.78 is 16.2. The molecule has 0 radical (unpaired) electrons. The van der Waals surface area contributed by atoms with Crippen LogP contribution in [-0.2, 0) is 19.0 Å². The van der Waals surface area contributed by atoms with Crippen molar-refractivity contribution >= 4 is 12.1 Å². The number of hydrogen-bond donors (Lipinski definition) is 0. The smallest absolute Gasteiger partial charge is 0.410 e. The quantitative estimate of drug-likeness (QED) is 0.404. The lowest BCUT2D eigenvalue weighted by atomic mass is 10.2. The van der Waals surface area contributed by atoms with Gasteiger partial charge in [0.2, 0.25) is 0 Å². The van der Waals surface area contributed by atoms with E-state index in [-0.39, 0.29) is 18.2 Å². The van der Waals surface area contributed by atoms with Gasteiger partial charge in [-0.2, -0.15) is 0 Å². The normalized spacial score (nSPS) is 21.3. The minimum absolute atomic E-state index is 0.0408. The molecule has 0 N–H and O–H groups in total. The predicted octanol–water partition coefficient (Wildman–Crippen LogP) is 3.30. The van der Waals surface area contributed by atoms with Gasteiger partial charge >= 0.3 is 12.1 Å². The van der Waals surface area contributed by atoms with Crippen molar-refractivity contribution in [3.63, 3.8) is 0 Å². The van der Waals surface area contributed by atoms with Crippen molar-refractivity contribution in [2.75, 3.05) is 19.8 Å². The number of nitrogens with zero attached hydrogens (tertiary/aromatic N) is 1. The van der Waals surface area contributed by atoms with Gasteiger partial charge in [0.05, 0.1) is 25.3 Å². The summed E-state index contributed by atoms with van der Waals surface area (Å²) >= 11 is 0. The zero-order valence-electron chi connectivity index (χ0n) is 15.5. The first-order chi connectivity index (χ1) is 11.3. The lowest BCUT2D eigenvalue weighted by molar-refractivity contribution is -0.137. The number of amides is 1. The topological polar surface area (TPSA) is 65.1 Å². The summed E-state index contributed by atoms with van der Waals surface area (Å²) in [7, 11) is 0. The van der Waals surface area contributed by atoms with Gasteiger partial charge < -0.3 is 14.2 Å². The van der Waals surface area contributed by atoms with Crippen molar-refractivity contribution in [3.05, 3.63) is 12.2 Å². The molecule has 1 aliphatic heterocycles. The number of rotatable bonds is 7. The van der Waals surface area contributed by atoms with E-state index in [1.807, 2.05) is 20.8 Å². The minimum Gasteiger partial charge on any atom is -0.463 e. The summed E-state index contributed by atoms with van der Waals surface area (Å²) in [5.74, 6) is -0.406. The third-order valence-corrected chi connectivity index (χ3v) is 3.53. The van der Waals surface area contributed by atoms with Crippen molar-refractivity contribution in [1.29, 1.82) is 0 Å². The first-order valence-electron chi connectivity index (χ1n) is 8.73. The molecule has 6 nitrogen and oxygen atoms in total. The fraction of sp³-hybridized carbons (Fsp3) is 0.778. The maximum Gasteiger partial charge on any atom is 0.410 e. The van der Waals surface area contributed by atoms with Gasteiger partial charge in [-0.25, -0.2) is 9.59 Å². The van der Waals surface area contributed by atoms with Crippen molar-refractivity contribution in [3.8, 4) is 0 Å². The summed E-state index contributed by atoms with van der Waals surface area (Å²) in [6.07, 6.45) is 5.36. The van der Waals surface area contributed by atoms with Gasteiger partial charge in [-0.1, -0.05) is 19.4 Å². The van der Waals surface area contributed by atoms with Gasteiger partial charge in [-0.15, -0.1) is 0 Å². The van der Waals surface area contributed by atoms with Gasteiger partial charge in [0.25, 0.3) is 0 Å². The largest absolute Gasteiger partial charge is 0.463 e. The average molecular weight is 341 g/mol. The van der Waals surface area contributed by atoms with Crippen LogP contribution < -0.4 is 0 Å². The number of esters is 1. The molecule has 0 aromatic rings. The standard InChI is InChI=1S/C18H31NO5/c1-6-8-11-23-15-12-14(9-10-16(20)22-7-2)19(13-15)17(21)24-18(3,4)5/h9-10,14-15H,6-8,11-13H2,1-5H3/b10-9+/t14-,15+/m1/s1. The molecule has 0 spiro atoms. The molecule has 0 bridgehead atoms. The molecule has 1 aliphatic rings. The molecule has 1 heterocycles. The average Bonchev–Trinajstić information content (AvgIpc) is 2.87. The third-order valence-electron chi connectivity index (χ3n) is 3.53. The third kappa shape index (κ3) is 7.34. The lowest BCUT2D eigenvalue weighted by Crippen LogP contribution is -2.39. The van der Waals surface area contributed by atoms with Crippen LogP contribution in [0, 0.1) is 0 Å². The molecule has 2 atom stereocenters. The van der Waals surface area contributed by atoms with Crippen LogP contribution in [0.4, 0.5) is 4.79 Å². The van der Waals surface area contributed by atoms with Crippen LogP contribution in [0.5, 0.6) is 0 Å². The maximum absolute atomic E-state index is 12.4. The van der Waals surface area contributed by atoms with Crippen LogP contribution in [0.3, 0.4) is 0 Å². The monoisotopic (exact) mass is 341 g/mol. The Kier molecular flexibility index (Phi) is 8.25. The second-order valence-electron chi connectivity index (χ2n) is 6.89. The molecule has 0 aromatic heterocycles. The molecular weight excluding hydrogens is 310 g/mol. The SMILES string of the molecule is CCCCO[C@H]1C[C@@H](/C=C/C(=O)OCC)N(C(=O)OC(C)(C)C)C1. The van der Waals surface area contributed by atoms with Crippen molar-refractivity contribution in [1.82, 2.24) is 4.90 Å². The number of carbonyl (C=O) groups is 2.